The first-order valence-electron chi connectivity index (χ1n) is 12.8. The summed E-state index contributed by atoms with van der Waals surface area (Å²) in [7, 11) is 3.68. The van der Waals surface area contributed by atoms with Gasteiger partial charge in [-0.15, -0.1) is 0 Å². The summed E-state index contributed by atoms with van der Waals surface area (Å²) in [6.45, 7) is 3.42. The number of ketones is 2. The number of aromatic hydroxyl groups is 2. The van der Waals surface area contributed by atoms with E-state index < -0.39 is 53.6 Å². The average molecular weight is 528 g/mol. The standard InChI is InChI=1S/C28H33NO9/c1-5-28(36)11-18(38-19-10-16(29(3)4)23(31)12(2)37-19)14-9-15-21(26(34)22(14)27(28)35)24(32)13-7-6-8-17(30)20(13)25(15)33/h6-9,12,16,18-19,23,27,30-31,34-36H,5,10-11H2,1-4H3. The van der Waals surface area contributed by atoms with Gasteiger partial charge in [0.25, 0.3) is 0 Å². The predicted molar refractivity (Wildman–Crippen MR) is 134 cm³/mol. The van der Waals surface area contributed by atoms with Crippen molar-refractivity contribution in [1.82, 2.24) is 4.90 Å². The number of fused-ring (bicyclic) bond motifs is 3. The molecule has 5 rings (SSSR count). The molecule has 1 heterocycles. The Morgan fingerprint density at radius 3 is 2.45 bits per heavy atom. The van der Waals surface area contributed by atoms with E-state index in [4.69, 9.17) is 9.47 Å². The fourth-order valence-corrected chi connectivity index (χ4v) is 5.99. The zero-order valence-corrected chi connectivity index (χ0v) is 21.7. The summed E-state index contributed by atoms with van der Waals surface area (Å²) >= 11 is 0. The Labute approximate surface area is 220 Å². The van der Waals surface area contributed by atoms with Gasteiger partial charge in [0, 0.05) is 35.6 Å². The molecule has 10 nitrogen and oxygen atoms in total. The van der Waals surface area contributed by atoms with Crippen LogP contribution in [0.3, 0.4) is 0 Å². The first kappa shape index (κ1) is 26.7. The first-order chi connectivity index (χ1) is 17.9. The molecule has 3 aliphatic rings. The van der Waals surface area contributed by atoms with E-state index in [1.54, 1.807) is 13.8 Å². The fraction of sp³-hybridized carbons (Fsp3) is 0.500. The second-order valence-corrected chi connectivity index (χ2v) is 10.7. The van der Waals surface area contributed by atoms with E-state index in [1.165, 1.54) is 24.3 Å². The van der Waals surface area contributed by atoms with Gasteiger partial charge in [0.05, 0.1) is 35.0 Å². The Hall–Kier alpha value is -2.86. The van der Waals surface area contributed by atoms with Gasteiger partial charge in [0.1, 0.15) is 17.6 Å². The topological polar surface area (TPSA) is 157 Å². The van der Waals surface area contributed by atoms with E-state index in [0.717, 1.165) is 0 Å². The second kappa shape index (κ2) is 9.41. The van der Waals surface area contributed by atoms with Crippen LogP contribution in [0.1, 0.15) is 88.3 Å². The van der Waals surface area contributed by atoms with Crippen LogP contribution in [0.5, 0.6) is 11.5 Å². The lowest BCUT2D eigenvalue weighted by Crippen LogP contribution is -2.54. The van der Waals surface area contributed by atoms with Crippen LogP contribution in [0.15, 0.2) is 24.3 Å². The quantitative estimate of drug-likeness (QED) is 0.340. The highest BCUT2D eigenvalue weighted by Gasteiger charge is 2.49. The van der Waals surface area contributed by atoms with Crippen LogP contribution in [0.2, 0.25) is 0 Å². The number of hydrogen-bond donors (Lipinski definition) is 5. The number of aliphatic hydroxyl groups is 3. The lowest BCUT2D eigenvalue weighted by atomic mass is 9.71. The minimum atomic E-state index is -1.69. The number of phenolic OH excluding ortho intramolecular Hbond substituents is 2. The number of rotatable bonds is 4. The maximum Gasteiger partial charge on any atom is 0.198 e. The lowest BCUT2D eigenvalue weighted by molar-refractivity contribution is -0.261. The Bertz CT molecular complexity index is 1310. The summed E-state index contributed by atoms with van der Waals surface area (Å²) in [5, 5.41) is 54.8. The molecule has 1 aliphatic heterocycles. The van der Waals surface area contributed by atoms with Gasteiger partial charge in [0.15, 0.2) is 17.9 Å². The number of ether oxygens (including phenoxy) is 2. The molecule has 0 radical (unpaired) electrons. The molecule has 1 fully saturated rings. The molecule has 0 aromatic heterocycles. The monoisotopic (exact) mass is 527 g/mol. The number of nitrogens with zero attached hydrogens (tertiary/aromatic N) is 1. The molecule has 0 spiro atoms. The third kappa shape index (κ3) is 3.95. The van der Waals surface area contributed by atoms with Crippen LogP contribution in [0.25, 0.3) is 0 Å². The zero-order chi connectivity index (χ0) is 27.7. The van der Waals surface area contributed by atoms with Crippen LogP contribution in [-0.4, -0.2) is 86.2 Å². The molecular formula is C28H33NO9. The summed E-state index contributed by atoms with van der Waals surface area (Å²) in [6, 6.07) is 5.25. The molecule has 0 saturated carbocycles. The predicted octanol–water partition coefficient (Wildman–Crippen LogP) is 1.94. The van der Waals surface area contributed by atoms with E-state index in [2.05, 4.69) is 0 Å². The van der Waals surface area contributed by atoms with Crippen molar-refractivity contribution in [3.63, 3.8) is 0 Å². The van der Waals surface area contributed by atoms with Crippen LogP contribution < -0.4 is 0 Å². The Morgan fingerprint density at radius 2 is 1.79 bits per heavy atom. The molecule has 204 valence electrons. The Balaban J connectivity index is 1.62. The van der Waals surface area contributed by atoms with Crippen molar-refractivity contribution >= 4 is 11.6 Å². The van der Waals surface area contributed by atoms with Gasteiger partial charge in [-0.25, -0.2) is 0 Å². The van der Waals surface area contributed by atoms with Crippen LogP contribution >= 0.6 is 0 Å². The Morgan fingerprint density at radius 1 is 1.11 bits per heavy atom. The lowest BCUT2D eigenvalue weighted by Gasteiger charge is -2.45. The van der Waals surface area contributed by atoms with Gasteiger partial charge >= 0.3 is 0 Å². The number of hydrogen-bond acceptors (Lipinski definition) is 10. The minimum Gasteiger partial charge on any atom is -0.507 e. The van der Waals surface area contributed by atoms with E-state index >= 15 is 0 Å². The van der Waals surface area contributed by atoms with Crippen molar-refractivity contribution in [3.05, 3.63) is 57.6 Å². The number of likely N-dealkylation sites (N-methyl/N-ethyl adjacent to an activating group) is 1. The number of carbonyl (C=O) groups is 2. The van der Waals surface area contributed by atoms with E-state index in [9.17, 15) is 35.1 Å². The van der Waals surface area contributed by atoms with Crippen molar-refractivity contribution < 1.29 is 44.6 Å². The molecule has 2 aromatic rings. The van der Waals surface area contributed by atoms with Crippen LogP contribution in [0, 0.1) is 0 Å². The molecule has 5 N–H and O–H groups in total. The molecule has 1 saturated heterocycles. The first-order valence-corrected chi connectivity index (χ1v) is 12.8. The highest BCUT2D eigenvalue weighted by molar-refractivity contribution is 6.30. The highest BCUT2D eigenvalue weighted by Crippen LogP contribution is 2.52. The normalized spacial score (nSPS) is 32.6. The highest BCUT2D eigenvalue weighted by atomic mass is 16.7. The molecule has 38 heavy (non-hydrogen) atoms. The van der Waals surface area contributed by atoms with Gasteiger partial charge in [0.2, 0.25) is 0 Å². The molecule has 0 amide bonds. The molecule has 10 heteroatoms. The third-order valence-electron chi connectivity index (χ3n) is 8.29. The maximum atomic E-state index is 13.4. The van der Waals surface area contributed by atoms with E-state index in [-0.39, 0.29) is 58.0 Å². The fourth-order valence-electron chi connectivity index (χ4n) is 5.99. The molecular weight excluding hydrogens is 494 g/mol. The van der Waals surface area contributed by atoms with E-state index in [1.807, 2.05) is 19.0 Å². The third-order valence-corrected chi connectivity index (χ3v) is 8.29. The molecule has 7 unspecified atom stereocenters. The summed E-state index contributed by atoms with van der Waals surface area (Å²) < 4.78 is 12.2. The largest absolute Gasteiger partial charge is 0.507 e. The summed E-state index contributed by atoms with van der Waals surface area (Å²) in [5.41, 5.74) is -2.15. The number of aliphatic hydroxyl groups excluding tert-OH is 2. The van der Waals surface area contributed by atoms with Gasteiger partial charge in [-0.2, -0.15) is 0 Å². The van der Waals surface area contributed by atoms with Crippen LogP contribution in [0.4, 0.5) is 0 Å². The maximum absolute atomic E-state index is 13.4. The summed E-state index contributed by atoms with van der Waals surface area (Å²) in [4.78, 5) is 28.7. The van der Waals surface area contributed by atoms with Crippen molar-refractivity contribution in [2.24, 2.45) is 0 Å². The van der Waals surface area contributed by atoms with Gasteiger partial charge in [-0.3, -0.25) is 9.59 Å². The number of carbonyl (C=O) groups excluding carboxylic acids is 2. The number of benzene rings is 2. The van der Waals surface area contributed by atoms with Gasteiger partial charge in [-0.05, 0) is 45.1 Å². The SMILES string of the molecule is CCC1(O)CC(OC2CC(N(C)C)C(O)C(C)O2)c2cc3c(c(O)c2C1O)C(=O)c1cccc(O)c1C3=O. The molecule has 7 atom stereocenters. The van der Waals surface area contributed by atoms with Gasteiger partial charge in [-0.1, -0.05) is 19.1 Å². The molecule has 0 bridgehead atoms. The van der Waals surface area contributed by atoms with Crippen molar-refractivity contribution in [3.8, 4) is 11.5 Å². The van der Waals surface area contributed by atoms with Crippen molar-refractivity contribution in [2.75, 3.05) is 14.1 Å². The smallest absolute Gasteiger partial charge is 0.198 e. The minimum absolute atomic E-state index is 0.0560. The van der Waals surface area contributed by atoms with E-state index in [0.29, 0.717) is 6.42 Å². The number of phenols is 2. The second-order valence-electron chi connectivity index (χ2n) is 10.7. The summed E-state index contributed by atoms with van der Waals surface area (Å²) in [5.74, 6) is -2.27. The summed E-state index contributed by atoms with van der Waals surface area (Å²) in [6.07, 6.45) is -4.19. The Kier molecular flexibility index (Phi) is 6.62. The average Bonchev–Trinajstić information content (AvgIpc) is 2.87. The van der Waals surface area contributed by atoms with Crippen molar-refractivity contribution in [1.29, 1.82) is 0 Å². The zero-order valence-electron chi connectivity index (χ0n) is 21.7. The molecule has 2 aromatic carbocycles. The molecule has 2 aliphatic carbocycles. The van der Waals surface area contributed by atoms with Crippen LogP contribution in [-0.2, 0) is 9.47 Å². The van der Waals surface area contributed by atoms with Gasteiger partial charge < -0.3 is 39.9 Å². The van der Waals surface area contributed by atoms with Crippen molar-refractivity contribution in [2.45, 2.75) is 75.5 Å².